The number of halogens is 3. The van der Waals surface area contributed by atoms with Crippen molar-refractivity contribution in [3.05, 3.63) is 41.7 Å². The van der Waals surface area contributed by atoms with Gasteiger partial charge in [0.15, 0.2) is 0 Å². The summed E-state index contributed by atoms with van der Waals surface area (Å²) in [5.41, 5.74) is 4.23. The summed E-state index contributed by atoms with van der Waals surface area (Å²) in [5.74, 6) is 0.901. The number of fused-ring (bicyclic) bond motifs is 1. The molecule has 2 aliphatic rings. The zero-order chi connectivity index (χ0) is 15.8. The Kier molecular flexibility index (Phi) is 5.06. The van der Waals surface area contributed by atoms with E-state index in [1.165, 1.54) is 42.9 Å². The third kappa shape index (κ3) is 3.87. The van der Waals surface area contributed by atoms with Crippen LogP contribution < -0.4 is 5.32 Å². The first kappa shape index (κ1) is 17.2. The van der Waals surface area contributed by atoms with Crippen molar-refractivity contribution in [3.8, 4) is 0 Å². The molecule has 0 saturated heterocycles. The van der Waals surface area contributed by atoms with E-state index < -0.39 is 6.55 Å². The second-order valence-electron chi connectivity index (χ2n) is 6.52. The Hall–Kier alpha value is -1.66. The largest absolute Gasteiger partial charge is 0.353 e. The van der Waals surface area contributed by atoms with Crippen LogP contribution in [0.2, 0.25) is 0 Å². The molecule has 0 amide bonds. The predicted octanol–water partition coefficient (Wildman–Crippen LogP) is 4.21. The fraction of sp³-hybridized carbons (Fsp3) is 0.471. The average molecular weight is 355 g/mol. The highest BCUT2D eigenvalue weighted by molar-refractivity contribution is 5.85. The van der Waals surface area contributed by atoms with Crippen molar-refractivity contribution < 1.29 is 8.78 Å². The first-order valence-electron chi connectivity index (χ1n) is 8.11. The summed E-state index contributed by atoms with van der Waals surface area (Å²) in [6.45, 7) is 0.720. The molecule has 0 radical (unpaired) electrons. The number of nitrogens with one attached hydrogen (secondary N) is 1. The SMILES string of the molecule is Cl.FC(F)n1cc(Nc2ccc3c(c2)CN(CC2CC2)CC3)cn1. The molecule has 0 bridgehead atoms. The van der Waals surface area contributed by atoms with Gasteiger partial charge in [0.05, 0.1) is 18.1 Å². The van der Waals surface area contributed by atoms with Crippen LogP contribution in [0.1, 0.15) is 30.5 Å². The topological polar surface area (TPSA) is 33.1 Å². The van der Waals surface area contributed by atoms with Crippen LogP contribution >= 0.6 is 12.4 Å². The van der Waals surface area contributed by atoms with Crippen LogP contribution in [0.15, 0.2) is 30.6 Å². The number of rotatable bonds is 5. The third-order valence-electron chi connectivity index (χ3n) is 4.60. The first-order chi connectivity index (χ1) is 11.2. The lowest BCUT2D eigenvalue weighted by atomic mass is 9.99. The molecule has 2 heterocycles. The van der Waals surface area contributed by atoms with Crippen molar-refractivity contribution in [3.63, 3.8) is 0 Å². The molecule has 1 N–H and O–H groups in total. The van der Waals surface area contributed by atoms with Crippen molar-refractivity contribution in [2.75, 3.05) is 18.4 Å². The Bertz CT molecular complexity index is 700. The zero-order valence-electron chi connectivity index (χ0n) is 13.3. The summed E-state index contributed by atoms with van der Waals surface area (Å²) < 4.78 is 25.8. The van der Waals surface area contributed by atoms with Gasteiger partial charge in [0.25, 0.3) is 0 Å². The minimum absolute atomic E-state index is 0. The van der Waals surface area contributed by atoms with Gasteiger partial charge in [-0.1, -0.05) is 6.07 Å². The van der Waals surface area contributed by atoms with Gasteiger partial charge >= 0.3 is 6.55 Å². The van der Waals surface area contributed by atoms with Gasteiger partial charge in [-0.25, -0.2) is 4.68 Å². The van der Waals surface area contributed by atoms with Gasteiger partial charge in [0.1, 0.15) is 0 Å². The fourth-order valence-corrected chi connectivity index (χ4v) is 3.19. The second-order valence-corrected chi connectivity index (χ2v) is 6.52. The highest BCUT2D eigenvalue weighted by Crippen LogP contribution is 2.32. The van der Waals surface area contributed by atoms with E-state index in [2.05, 4.69) is 27.4 Å². The molecule has 1 aromatic heterocycles. The van der Waals surface area contributed by atoms with E-state index in [4.69, 9.17) is 0 Å². The quantitative estimate of drug-likeness (QED) is 0.873. The maximum Gasteiger partial charge on any atom is 0.333 e. The van der Waals surface area contributed by atoms with E-state index in [1.54, 1.807) is 0 Å². The van der Waals surface area contributed by atoms with Crippen molar-refractivity contribution in [2.45, 2.75) is 32.4 Å². The number of hydrogen-bond donors (Lipinski definition) is 1. The summed E-state index contributed by atoms with van der Waals surface area (Å²) in [5, 5.41) is 6.81. The van der Waals surface area contributed by atoms with Gasteiger partial charge in [0, 0.05) is 25.3 Å². The minimum atomic E-state index is -2.61. The van der Waals surface area contributed by atoms with Crippen molar-refractivity contribution in [1.82, 2.24) is 14.7 Å². The van der Waals surface area contributed by atoms with Gasteiger partial charge in [-0.2, -0.15) is 13.9 Å². The molecule has 7 heteroatoms. The molecule has 1 aliphatic carbocycles. The van der Waals surface area contributed by atoms with Crippen LogP contribution in [-0.4, -0.2) is 27.8 Å². The molecule has 2 aromatic rings. The van der Waals surface area contributed by atoms with E-state index in [1.807, 2.05) is 6.07 Å². The van der Waals surface area contributed by atoms with Crippen molar-refractivity contribution in [2.24, 2.45) is 5.92 Å². The molecule has 0 spiro atoms. The minimum Gasteiger partial charge on any atom is -0.353 e. The first-order valence-corrected chi connectivity index (χ1v) is 8.11. The molecule has 24 heavy (non-hydrogen) atoms. The number of anilines is 2. The zero-order valence-corrected chi connectivity index (χ0v) is 14.1. The Morgan fingerprint density at radius 2 is 2.04 bits per heavy atom. The number of alkyl halides is 2. The number of nitrogens with zero attached hydrogens (tertiary/aromatic N) is 3. The molecule has 1 fully saturated rings. The van der Waals surface area contributed by atoms with Gasteiger partial charge in [-0.15, -0.1) is 12.4 Å². The van der Waals surface area contributed by atoms with E-state index in [0.29, 0.717) is 10.4 Å². The average Bonchev–Trinajstić information content (AvgIpc) is 3.22. The van der Waals surface area contributed by atoms with Crippen LogP contribution in [0.3, 0.4) is 0 Å². The highest BCUT2D eigenvalue weighted by Gasteiger charge is 2.26. The molecular formula is C17H21ClF2N4. The van der Waals surface area contributed by atoms with Crippen LogP contribution in [0.5, 0.6) is 0 Å². The summed E-state index contributed by atoms with van der Waals surface area (Å²) in [7, 11) is 0. The Labute approximate surface area is 146 Å². The van der Waals surface area contributed by atoms with Gasteiger partial charge in [-0.05, 0) is 48.4 Å². The molecule has 1 saturated carbocycles. The fourth-order valence-electron chi connectivity index (χ4n) is 3.19. The lowest BCUT2D eigenvalue weighted by Crippen LogP contribution is -2.32. The number of aromatic nitrogens is 2. The Morgan fingerprint density at radius 3 is 2.75 bits per heavy atom. The van der Waals surface area contributed by atoms with Gasteiger partial charge < -0.3 is 5.32 Å². The molecule has 0 unspecified atom stereocenters. The van der Waals surface area contributed by atoms with E-state index in [-0.39, 0.29) is 12.4 Å². The third-order valence-corrected chi connectivity index (χ3v) is 4.60. The lowest BCUT2D eigenvalue weighted by molar-refractivity contribution is 0.0566. The molecule has 1 aliphatic heterocycles. The Morgan fingerprint density at radius 1 is 1.21 bits per heavy atom. The van der Waals surface area contributed by atoms with Crippen molar-refractivity contribution >= 4 is 23.8 Å². The summed E-state index contributed by atoms with van der Waals surface area (Å²) >= 11 is 0. The van der Waals surface area contributed by atoms with Crippen LogP contribution in [0.4, 0.5) is 20.2 Å². The van der Waals surface area contributed by atoms with Gasteiger partial charge in [0.2, 0.25) is 0 Å². The maximum absolute atomic E-state index is 12.6. The number of hydrogen-bond acceptors (Lipinski definition) is 3. The normalized spacial score (nSPS) is 17.5. The van der Waals surface area contributed by atoms with E-state index in [0.717, 1.165) is 31.1 Å². The van der Waals surface area contributed by atoms with Crippen LogP contribution in [-0.2, 0) is 13.0 Å². The van der Waals surface area contributed by atoms with Gasteiger partial charge in [-0.3, -0.25) is 4.90 Å². The van der Waals surface area contributed by atoms with E-state index in [9.17, 15) is 8.78 Å². The molecule has 130 valence electrons. The predicted molar refractivity (Wildman–Crippen MR) is 92.2 cm³/mol. The smallest absolute Gasteiger partial charge is 0.333 e. The Balaban J connectivity index is 0.00000169. The second kappa shape index (κ2) is 7.07. The molecule has 1 aromatic carbocycles. The molecular weight excluding hydrogens is 334 g/mol. The molecule has 4 nitrogen and oxygen atoms in total. The molecule has 4 rings (SSSR count). The van der Waals surface area contributed by atoms with E-state index >= 15 is 0 Å². The summed E-state index contributed by atoms with van der Waals surface area (Å²) in [4.78, 5) is 2.53. The van der Waals surface area contributed by atoms with Crippen LogP contribution in [0.25, 0.3) is 0 Å². The lowest BCUT2D eigenvalue weighted by Gasteiger charge is -2.29. The van der Waals surface area contributed by atoms with Crippen LogP contribution in [0, 0.1) is 5.92 Å². The summed E-state index contributed by atoms with van der Waals surface area (Å²) in [6.07, 6.45) is 6.58. The number of benzene rings is 1. The molecule has 0 atom stereocenters. The highest BCUT2D eigenvalue weighted by atomic mass is 35.5. The van der Waals surface area contributed by atoms with Crippen molar-refractivity contribution in [1.29, 1.82) is 0 Å². The standard InChI is InChI=1S/C17H20F2N4.ClH/c18-17(19)23-11-16(8-20-23)21-15-4-3-13-5-6-22(9-12-1-2-12)10-14(13)7-15;/h3-4,7-8,11-12,17,21H,1-2,5-6,9-10H2;1H. The summed E-state index contributed by atoms with van der Waals surface area (Å²) in [6, 6.07) is 6.28. The monoisotopic (exact) mass is 354 g/mol. The maximum atomic E-state index is 12.6.